The molecule has 106 valence electrons. The van der Waals surface area contributed by atoms with Crippen molar-refractivity contribution in [2.75, 3.05) is 13.7 Å². The van der Waals surface area contributed by atoms with Gasteiger partial charge in [0.2, 0.25) is 0 Å². The molecule has 1 aromatic carbocycles. The van der Waals surface area contributed by atoms with Gasteiger partial charge in [-0.05, 0) is 31.4 Å². The van der Waals surface area contributed by atoms with Crippen molar-refractivity contribution in [2.45, 2.75) is 44.4 Å². The van der Waals surface area contributed by atoms with E-state index in [4.69, 9.17) is 22.1 Å². The number of hydrogen-bond donors (Lipinski definition) is 1. The van der Waals surface area contributed by atoms with Crippen LogP contribution in [0.1, 0.15) is 43.2 Å². The van der Waals surface area contributed by atoms with E-state index in [-0.39, 0.29) is 5.41 Å². The van der Waals surface area contributed by atoms with Crippen LogP contribution < -0.4 is 10.5 Å². The number of halogens is 2. The van der Waals surface area contributed by atoms with Crippen LogP contribution in [0, 0.1) is 12.7 Å². The van der Waals surface area contributed by atoms with Crippen molar-refractivity contribution in [3.63, 3.8) is 0 Å². The summed E-state index contributed by atoms with van der Waals surface area (Å²) in [6.07, 6.45) is 5.40. The summed E-state index contributed by atoms with van der Waals surface area (Å²) >= 11 is 6.15. The fourth-order valence-corrected chi connectivity index (χ4v) is 3.51. The second-order valence-corrected chi connectivity index (χ2v) is 5.83. The molecule has 2 nitrogen and oxygen atoms in total. The Bertz CT molecular complexity index is 470. The smallest absolute Gasteiger partial charge is 0.166 e. The van der Waals surface area contributed by atoms with E-state index in [0.29, 0.717) is 17.3 Å². The number of benzene rings is 1. The SMILES string of the molecule is COc1c(F)cc(Cl)c(C)c1C1(CN)CCCCC1. The van der Waals surface area contributed by atoms with Gasteiger partial charge in [-0.1, -0.05) is 30.9 Å². The van der Waals surface area contributed by atoms with E-state index in [1.807, 2.05) is 6.92 Å². The van der Waals surface area contributed by atoms with Crippen molar-refractivity contribution in [1.29, 1.82) is 0 Å². The van der Waals surface area contributed by atoms with Crippen LogP contribution >= 0.6 is 11.6 Å². The van der Waals surface area contributed by atoms with Gasteiger partial charge in [-0.25, -0.2) is 4.39 Å². The number of ether oxygens (including phenoxy) is 1. The van der Waals surface area contributed by atoms with E-state index < -0.39 is 5.82 Å². The molecule has 1 aliphatic rings. The van der Waals surface area contributed by atoms with Crippen LogP contribution in [0.4, 0.5) is 4.39 Å². The number of hydrogen-bond acceptors (Lipinski definition) is 2. The summed E-state index contributed by atoms with van der Waals surface area (Å²) in [5, 5.41) is 0.451. The Balaban J connectivity index is 2.64. The Hall–Kier alpha value is -0.800. The maximum Gasteiger partial charge on any atom is 0.166 e. The summed E-state index contributed by atoms with van der Waals surface area (Å²) in [6, 6.07) is 1.33. The molecule has 0 atom stereocenters. The lowest BCUT2D eigenvalue weighted by atomic mass is 9.68. The van der Waals surface area contributed by atoms with E-state index >= 15 is 0 Å². The summed E-state index contributed by atoms with van der Waals surface area (Å²) < 4.78 is 19.4. The van der Waals surface area contributed by atoms with Crippen molar-refractivity contribution >= 4 is 11.6 Å². The van der Waals surface area contributed by atoms with E-state index in [1.54, 1.807) is 0 Å². The van der Waals surface area contributed by atoms with Crippen molar-refractivity contribution in [3.05, 3.63) is 28.0 Å². The van der Waals surface area contributed by atoms with Crippen molar-refractivity contribution in [3.8, 4) is 5.75 Å². The van der Waals surface area contributed by atoms with Gasteiger partial charge in [0, 0.05) is 22.5 Å². The fourth-order valence-electron chi connectivity index (χ4n) is 3.32. The second-order valence-electron chi connectivity index (χ2n) is 5.42. The highest BCUT2D eigenvalue weighted by Gasteiger charge is 2.37. The third-order valence-electron chi connectivity index (χ3n) is 4.37. The van der Waals surface area contributed by atoms with Crippen LogP contribution in [0.2, 0.25) is 5.02 Å². The molecule has 1 aromatic rings. The third-order valence-corrected chi connectivity index (χ3v) is 4.76. The van der Waals surface area contributed by atoms with E-state index in [9.17, 15) is 4.39 Å². The first kappa shape index (κ1) is 14.6. The Labute approximate surface area is 119 Å². The Morgan fingerprint density at radius 1 is 1.37 bits per heavy atom. The van der Waals surface area contributed by atoms with Crippen LogP contribution in [-0.4, -0.2) is 13.7 Å². The molecule has 4 heteroatoms. The monoisotopic (exact) mass is 285 g/mol. The molecule has 19 heavy (non-hydrogen) atoms. The first-order valence-electron chi connectivity index (χ1n) is 6.79. The molecule has 2 N–H and O–H groups in total. The Morgan fingerprint density at radius 3 is 2.53 bits per heavy atom. The van der Waals surface area contributed by atoms with Crippen LogP contribution in [-0.2, 0) is 5.41 Å². The highest BCUT2D eigenvalue weighted by molar-refractivity contribution is 6.31. The zero-order chi connectivity index (χ0) is 14.0. The van der Waals surface area contributed by atoms with Crippen molar-refractivity contribution in [2.24, 2.45) is 5.73 Å². The Kier molecular flexibility index (Phi) is 4.36. The van der Waals surface area contributed by atoms with Crippen LogP contribution in [0.15, 0.2) is 6.07 Å². The minimum absolute atomic E-state index is 0.195. The van der Waals surface area contributed by atoms with Gasteiger partial charge < -0.3 is 10.5 Å². The van der Waals surface area contributed by atoms with E-state index in [2.05, 4.69) is 0 Å². The highest BCUT2D eigenvalue weighted by Crippen LogP contribution is 2.46. The number of methoxy groups -OCH3 is 1. The largest absolute Gasteiger partial charge is 0.493 e. The molecule has 0 spiro atoms. The second kappa shape index (κ2) is 5.68. The third kappa shape index (κ3) is 2.46. The van der Waals surface area contributed by atoms with Crippen LogP contribution in [0.25, 0.3) is 0 Å². The summed E-state index contributed by atoms with van der Waals surface area (Å²) in [6.45, 7) is 2.43. The van der Waals surface area contributed by atoms with Gasteiger partial charge in [0.25, 0.3) is 0 Å². The summed E-state index contributed by atoms with van der Waals surface area (Å²) in [5.41, 5.74) is 7.62. The van der Waals surface area contributed by atoms with Gasteiger partial charge in [0.05, 0.1) is 7.11 Å². The lowest BCUT2D eigenvalue weighted by Crippen LogP contribution is -2.38. The molecular formula is C15H21ClFNO. The van der Waals surface area contributed by atoms with Gasteiger partial charge in [-0.2, -0.15) is 0 Å². The first-order valence-corrected chi connectivity index (χ1v) is 7.16. The highest BCUT2D eigenvalue weighted by atomic mass is 35.5. The molecule has 0 aromatic heterocycles. The average molecular weight is 286 g/mol. The zero-order valence-electron chi connectivity index (χ0n) is 11.6. The van der Waals surface area contributed by atoms with Crippen molar-refractivity contribution in [1.82, 2.24) is 0 Å². The Morgan fingerprint density at radius 2 is 2.00 bits per heavy atom. The maximum atomic E-state index is 14.1. The summed E-state index contributed by atoms with van der Waals surface area (Å²) in [7, 11) is 1.50. The van der Waals surface area contributed by atoms with Gasteiger partial charge in [0.15, 0.2) is 11.6 Å². The molecular weight excluding hydrogens is 265 g/mol. The minimum atomic E-state index is -0.397. The molecule has 0 aliphatic heterocycles. The standard InChI is InChI=1S/C15H21ClFNO/c1-10-11(16)8-12(17)14(19-2)13(10)15(9-18)6-4-3-5-7-15/h8H,3-7,9,18H2,1-2H3. The fraction of sp³-hybridized carbons (Fsp3) is 0.600. The number of nitrogens with two attached hydrogens (primary N) is 1. The molecule has 0 saturated heterocycles. The van der Waals surface area contributed by atoms with Crippen molar-refractivity contribution < 1.29 is 9.13 Å². The summed E-state index contributed by atoms with van der Waals surface area (Å²) in [5.74, 6) is -0.0826. The lowest BCUT2D eigenvalue weighted by Gasteiger charge is -2.39. The van der Waals surface area contributed by atoms with Crippen LogP contribution in [0.5, 0.6) is 5.75 Å². The van der Waals surface area contributed by atoms with Crippen LogP contribution in [0.3, 0.4) is 0 Å². The molecule has 0 radical (unpaired) electrons. The molecule has 1 aliphatic carbocycles. The molecule has 1 saturated carbocycles. The molecule has 2 rings (SSSR count). The quantitative estimate of drug-likeness (QED) is 0.912. The zero-order valence-corrected chi connectivity index (χ0v) is 12.3. The minimum Gasteiger partial charge on any atom is -0.493 e. The molecule has 0 amide bonds. The maximum absolute atomic E-state index is 14.1. The normalized spacial score (nSPS) is 18.4. The van der Waals surface area contributed by atoms with E-state index in [1.165, 1.54) is 19.6 Å². The van der Waals surface area contributed by atoms with Gasteiger partial charge in [0.1, 0.15) is 0 Å². The molecule has 0 unspecified atom stereocenters. The lowest BCUT2D eigenvalue weighted by molar-refractivity contribution is 0.282. The van der Waals surface area contributed by atoms with E-state index in [0.717, 1.165) is 36.8 Å². The first-order chi connectivity index (χ1) is 9.05. The van der Waals surface area contributed by atoms with Gasteiger partial charge in [-0.15, -0.1) is 0 Å². The molecule has 0 heterocycles. The summed E-state index contributed by atoms with van der Waals surface area (Å²) in [4.78, 5) is 0. The van der Waals surface area contributed by atoms with Gasteiger partial charge >= 0.3 is 0 Å². The van der Waals surface area contributed by atoms with Gasteiger partial charge in [-0.3, -0.25) is 0 Å². The molecule has 0 bridgehead atoms. The number of rotatable bonds is 3. The predicted molar refractivity (Wildman–Crippen MR) is 76.5 cm³/mol. The average Bonchev–Trinajstić information content (AvgIpc) is 2.43. The topological polar surface area (TPSA) is 35.2 Å². The predicted octanol–water partition coefficient (Wildman–Crippen LogP) is 3.96. The molecule has 1 fully saturated rings.